The molecule has 1 fully saturated rings. The molecule has 0 radical (unpaired) electrons. The number of carbonyl (C=O) groups excluding carboxylic acids is 4. The molecule has 0 aliphatic carbocycles. The Morgan fingerprint density at radius 3 is 2.50 bits per heavy atom. The fourth-order valence-electron chi connectivity index (χ4n) is 2.93. The quantitative estimate of drug-likeness (QED) is 0.633. The van der Waals surface area contributed by atoms with Crippen LogP contribution in [0.25, 0.3) is 0 Å². The molecule has 0 spiro atoms. The van der Waals surface area contributed by atoms with E-state index in [0.717, 1.165) is 17.0 Å². The van der Waals surface area contributed by atoms with E-state index in [9.17, 15) is 28.4 Å². The lowest BCUT2D eigenvalue weighted by molar-refractivity contribution is -0.137. The third kappa shape index (κ3) is 3.01. The van der Waals surface area contributed by atoms with Crippen LogP contribution in [0, 0.1) is 5.82 Å². The van der Waals surface area contributed by atoms with Crippen molar-refractivity contribution < 1.29 is 33.5 Å². The van der Waals surface area contributed by atoms with Gasteiger partial charge in [-0.25, -0.2) is 4.39 Å². The number of carbonyl (C=O) groups is 5. The zero-order valence-electron chi connectivity index (χ0n) is 13.4. The molecule has 26 heavy (non-hydrogen) atoms. The van der Waals surface area contributed by atoms with Crippen LogP contribution >= 0.6 is 0 Å². The third-order valence-electron chi connectivity index (χ3n) is 4.18. The van der Waals surface area contributed by atoms with Crippen LogP contribution in [0.2, 0.25) is 0 Å². The molecule has 2 aliphatic rings. The monoisotopic (exact) mass is 363 g/mol. The van der Waals surface area contributed by atoms with E-state index in [0.29, 0.717) is 0 Å². The number of imide groups is 2. The summed E-state index contributed by atoms with van der Waals surface area (Å²) >= 11 is 0. The lowest BCUT2D eigenvalue weighted by Crippen LogP contribution is -2.54. The Labute approximate surface area is 146 Å². The van der Waals surface area contributed by atoms with Crippen LogP contribution in [0.3, 0.4) is 0 Å². The summed E-state index contributed by atoms with van der Waals surface area (Å²) in [7, 11) is 0. The van der Waals surface area contributed by atoms with Crippen molar-refractivity contribution in [1.82, 2.24) is 10.2 Å². The maximum atomic E-state index is 14.2. The van der Waals surface area contributed by atoms with Crippen LogP contribution in [-0.2, 0) is 14.4 Å². The molecule has 1 unspecified atom stereocenters. The van der Waals surface area contributed by atoms with Crippen molar-refractivity contribution in [2.24, 2.45) is 0 Å². The number of rotatable bonds is 5. The molecule has 0 saturated carbocycles. The summed E-state index contributed by atoms with van der Waals surface area (Å²) in [6.07, 6.45) is -0.270. The maximum Gasteiger partial charge on any atom is 0.305 e. The largest absolute Gasteiger partial charge is 0.481 e. The van der Waals surface area contributed by atoms with Gasteiger partial charge in [-0.3, -0.25) is 34.2 Å². The van der Waals surface area contributed by atoms with Crippen molar-refractivity contribution in [3.05, 3.63) is 29.1 Å². The van der Waals surface area contributed by atoms with Crippen LogP contribution in [0.1, 0.15) is 40.0 Å². The molecule has 3 N–H and O–H groups in total. The molecular weight excluding hydrogens is 349 g/mol. The molecule has 2 heterocycles. The average molecular weight is 363 g/mol. The topological polar surface area (TPSA) is 133 Å². The average Bonchev–Trinajstić information content (AvgIpc) is 2.79. The number of hydrogen-bond donors (Lipinski definition) is 3. The number of nitrogens with one attached hydrogen (secondary N) is 2. The number of aliphatic carboxylic acids is 1. The molecular formula is C16H14FN3O6. The number of nitrogens with zero attached hydrogens (tertiary/aromatic N) is 1. The predicted molar refractivity (Wildman–Crippen MR) is 83.8 cm³/mol. The van der Waals surface area contributed by atoms with Gasteiger partial charge in [0.05, 0.1) is 23.2 Å². The first kappa shape index (κ1) is 17.5. The summed E-state index contributed by atoms with van der Waals surface area (Å²) in [5.74, 6) is -4.71. The normalized spacial score (nSPS) is 19.4. The molecule has 1 aromatic carbocycles. The van der Waals surface area contributed by atoms with E-state index in [1.165, 1.54) is 0 Å². The van der Waals surface area contributed by atoms with E-state index < -0.39 is 41.5 Å². The number of carboxylic acid groups (broad SMARTS) is 1. The van der Waals surface area contributed by atoms with Gasteiger partial charge in [-0.2, -0.15) is 0 Å². The summed E-state index contributed by atoms with van der Waals surface area (Å²) in [4.78, 5) is 59.5. The first-order chi connectivity index (χ1) is 12.3. The molecule has 9 nitrogen and oxygen atoms in total. The van der Waals surface area contributed by atoms with Gasteiger partial charge >= 0.3 is 5.97 Å². The van der Waals surface area contributed by atoms with E-state index in [1.807, 2.05) is 0 Å². The number of fused-ring (bicyclic) bond motifs is 1. The van der Waals surface area contributed by atoms with Gasteiger partial charge in [0.1, 0.15) is 11.9 Å². The molecule has 0 aromatic heterocycles. The number of piperidine rings is 1. The van der Waals surface area contributed by atoms with E-state index in [-0.39, 0.29) is 42.6 Å². The fourth-order valence-corrected chi connectivity index (χ4v) is 2.93. The number of carboxylic acids is 1. The highest BCUT2D eigenvalue weighted by Crippen LogP contribution is 2.31. The third-order valence-corrected chi connectivity index (χ3v) is 4.18. The van der Waals surface area contributed by atoms with Gasteiger partial charge in [-0.05, 0) is 18.6 Å². The molecule has 136 valence electrons. The lowest BCUT2D eigenvalue weighted by Gasteiger charge is -2.27. The fraction of sp³-hybridized carbons (Fsp3) is 0.312. The number of hydrogen-bond acceptors (Lipinski definition) is 6. The van der Waals surface area contributed by atoms with Crippen molar-refractivity contribution in [2.45, 2.75) is 25.3 Å². The molecule has 3 rings (SSSR count). The number of benzene rings is 1. The van der Waals surface area contributed by atoms with E-state index in [2.05, 4.69) is 10.6 Å². The Kier molecular flexibility index (Phi) is 4.41. The molecule has 0 bridgehead atoms. The minimum atomic E-state index is -1.13. The van der Waals surface area contributed by atoms with E-state index in [4.69, 9.17) is 5.11 Å². The number of halogens is 1. The smallest absolute Gasteiger partial charge is 0.305 e. The predicted octanol–water partition coefficient (Wildman–Crippen LogP) is 0.113. The molecule has 1 aromatic rings. The highest BCUT2D eigenvalue weighted by molar-refractivity contribution is 6.23. The van der Waals surface area contributed by atoms with Gasteiger partial charge in [-0.1, -0.05) is 0 Å². The van der Waals surface area contributed by atoms with Crippen LogP contribution < -0.4 is 10.6 Å². The Bertz CT molecular complexity index is 853. The van der Waals surface area contributed by atoms with Crippen LogP contribution in [0.15, 0.2) is 12.1 Å². The summed E-state index contributed by atoms with van der Waals surface area (Å²) in [6.45, 7) is -0.0654. The van der Waals surface area contributed by atoms with Gasteiger partial charge in [0, 0.05) is 13.0 Å². The maximum absolute atomic E-state index is 14.2. The van der Waals surface area contributed by atoms with Crippen LogP contribution in [0.4, 0.5) is 10.1 Å². The highest BCUT2D eigenvalue weighted by Gasteiger charge is 2.45. The first-order valence-corrected chi connectivity index (χ1v) is 7.80. The van der Waals surface area contributed by atoms with Gasteiger partial charge in [0.2, 0.25) is 11.8 Å². The Morgan fingerprint density at radius 1 is 1.23 bits per heavy atom. The van der Waals surface area contributed by atoms with Crippen LogP contribution in [-0.4, -0.2) is 52.2 Å². The first-order valence-electron chi connectivity index (χ1n) is 7.80. The Hall–Kier alpha value is -3.30. The van der Waals surface area contributed by atoms with Crippen molar-refractivity contribution in [3.63, 3.8) is 0 Å². The minimum absolute atomic E-state index is 0.00232. The Balaban J connectivity index is 1.86. The standard InChI is InChI=1S/C16H14FN3O6/c17-9-5-7-8(6-10(9)18-4-3-13(22)23)16(26)20(15(7)25)11-1-2-12(21)19-14(11)24/h5-6,11,18H,1-4H2,(H,22,23)(H,19,21,24). The molecule has 4 amide bonds. The summed E-state index contributed by atoms with van der Waals surface area (Å²) in [5, 5.41) is 13.2. The highest BCUT2D eigenvalue weighted by atomic mass is 19.1. The summed E-state index contributed by atoms with van der Waals surface area (Å²) in [6, 6.07) is 0.870. The number of amides is 4. The van der Waals surface area contributed by atoms with Crippen molar-refractivity contribution in [2.75, 3.05) is 11.9 Å². The molecule has 2 aliphatic heterocycles. The van der Waals surface area contributed by atoms with Crippen molar-refractivity contribution in [3.8, 4) is 0 Å². The van der Waals surface area contributed by atoms with Gasteiger partial charge in [0.15, 0.2) is 0 Å². The van der Waals surface area contributed by atoms with E-state index in [1.54, 1.807) is 0 Å². The van der Waals surface area contributed by atoms with Crippen LogP contribution in [0.5, 0.6) is 0 Å². The van der Waals surface area contributed by atoms with Gasteiger partial charge in [0.25, 0.3) is 11.8 Å². The minimum Gasteiger partial charge on any atom is -0.481 e. The zero-order chi connectivity index (χ0) is 19.0. The second-order valence-corrected chi connectivity index (χ2v) is 5.90. The molecule has 1 saturated heterocycles. The zero-order valence-corrected chi connectivity index (χ0v) is 13.4. The molecule has 10 heteroatoms. The second-order valence-electron chi connectivity index (χ2n) is 5.90. The van der Waals surface area contributed by atoms with Gasteiger partial charge < -0.3 is 10.4 Å². The van der Waals surface area contributed by atoms with Crippen molar-refractivity contribution in [1.29, 1.82) is 0 Å². The molecule has 1 atom stereocenters. The van der Waals surface area contributed by atoms with Crippen molar-refractivity contribution >= 4 is 35.3 Å². The van der Waals surface area contributed by atoms with Gasteiger partial charge in [-0.15, -0.1) is 0 Å². The Morgan fingerprint density at radius 2 is 1.88 bits per heavy atom. The van der Waals surface area contributed by atoms with E-state index >= 15 is 0 Å². The number of anilines is 1. The summed E-state index contributed by atoms with van der Waals surface area (Å²) < 4.78 is 14.2. The SMILES string of the molecule is O=C(O)CCNc1cc2c(cc1F)C(=O)N(C1CCC(=O)NC1=O)C2=O. The summed E-state index contributed by atoms with van der Waals surface area (Å²) in [5.41, 5.74) is -0.379. The second kappa shape index (κ2) is 6.54. The lowest BCUT2D eigenvalue weighted by atomic mass is 10.0.